The van der Waals surface area contributed by atoms with Crippen molar-refractivity contribution in [1.29, 1.82) is 0 Å². The molecule has 0 aliphatic carbocycles. The molecule has 0 aromatic heterocycles. The lowest BCUT2D eigenvalue weighted by molar-refractivity contribution is -0.163. The number of rotatable bonds is 7. The molecule has 1 heterocycles. The van der Waals surface area contributed by atoms with Gasteiger partial charge in [-0.1, -0.05) is 38.1 Å². The molecule has 122 valence electrons. The largest absolute Gasteiger partial charge is 0.460 e. The Bertz CT molecular complexity index is 485. The summed E-state index contributed by atoms with van der Waals surface area (Å²) < 4.78 is 11.2. The van der Waals surface area contributed by atoms with Gasteiger partial charge in [0.1, 0.15) is 6.10 Å². The van der Waals surface area contributed by atoms with E-state index in [-0.39, 0.29) is 12.1 Å². The summed E-state index contributed by atoms with van der Waals surface area (Å²) in [5.74, 6) is -0.265. The summed E-state index contributed by atoms with van der Waals surface area (Å²) in [5.41, 5.74) is 2.14. The molecule has 0 spiro atoms. The second-order valence-electron chi connectivity index (χ2n) is 5.76. The Kier molecular flexibility index (Phi) is 6.40. The van der Waals surface area contributed by atoms with Crippen LogP contribution in [0.1, 0.15) is 44.4 Å². The molecule has 0 saturated carbocycles. The molecule has 1 aromatic carbocycles. The van der Waals surface area contributed by atoms with E-state index in [1.54, 1.807) is 0 Å². The normalized spacial score (nSPS) is 18.8. The van der Waals surface area contributed by atoms with E-state index >= 15 is 0 Å². The molecule has 1 aliphatic heterocycles. The minimum atomic E-state index is -0.569. The van der Waals surface area contributed by atoms with Crippen LogP contribution in [0.25, 0.3) is 0 Å². The molecule has 1 aliphatic rings. The van der Waals surface area contributed by atoms with Crippen LogP contribution in [0, 0.1) is 0 Å². The van der Waals surface area contributed by atoms with Gasteiger partial charge in [-0.15, -0.1) is 0 Å². The molecule has 0 fully saturated rings. The molecule has 0 saturated heterocycles. The summed E-state index contributed by atoms with van der Waals surface area (Å²) in [6.45, 7) is 9.82. The van der Waals surface area contributed by atoms with Crippen molar-refractivity contribution in [1.82, 2.24) is 4.90 Å². The minimum Gasteiger partial charge on any atom is -0.460 e. The SMILES string of the molecule is CCN(CC)CC[C@H](C)OC(=O)[C@@H]1OCCc2ccccc21. The van der Waals surface area contributed by atoms with Crippen LogP contribution in [0.15, 0.2) is 24.3 Å². The van der Waals surface area contributed by atoms with Crippen molar-refractivity contribution in [3.05, 3.63) is 35.4 Å². The van der Waals surface area contributed by atoms with E-state index in [9.17, 15) is 4.79 Å². The van der Waals surface area contributed by atoms with Crippen molar-refractivity contribution in [3.8, 4) is 0 Å². The number of benzene rings is 1. The predicted octanol–water partition coefficient (Wildman–Crippen LogP) is 2.96. The Balaban J connectivity index is 1.90. The molecule has 4 heteroatoms. The third-order valence-corrected chi connectivity index (χ3v) is 4.27. The molecule has 22 heavy (non-hydrogen) atoms. The summed E-state index contributed by atoms with van der Waals surface area (Å²) in [6.07, 6.45) is 1.05. The first-order valence-corrected chi connectivity index (χ1v) is 8.28. The van der Waals surface area contributed by atoms with Crippen molar-refractivity contribution >= 4 is 5.97 Å². The molecule has 2 rings (SSSR count). The highest BCUT2D eigenvalue weighted by Crippen LogP contribution is 2.28. The molecule has 2 atom stereocenters. The molecular weight excluding hydrogens is 278 g/mol. The van der Waals surface area contributed by atoms with Crippen molar-refractivity contribution in [2.75, 3.05) is 26.2 Å². The van der Waals surface area contributed by atoms with Gasteiger partial charge in [-0.2, -0.15) is 0 Å². The second-order valence-corrected chi connectivity index (χ2v) is 5.76. The van der Waals surface area contributed by atoms with Crippen molar-refractivity contribution < 1.29 is 14.3 Å². The maximum Gasteiger partial charge on any atom is 0.340 e. The first-order valence-electron chi connectivity index (χ1n) is 8.28. The number of esters is 1. The fourth-order valence-electron chi connectivity index (χ4n) is 2.81. The van der Waals surface area contributed by atoms with Gasteiger partial charge in [0.2, 0.25) is 0 Å². The van der Waals surface area contributed by atoms with E-state index in [0.29, 0.717) is 6.61 Å². The molecular formula is C18H27NO3. The Morgan fingerprint density at radius 3 is 2.82 bits per heavy atom. The van der Waals surface area contributed by atoms with Crippen molar-refractivity contribution in [3.63, 3.8) is 0 Å². The van der Waals surface area contributed by atoms with Crippen LogP contribution < -0.4 is 0 Å². The van der Waals surface area contributed by atoms with E-state index in [4.69, 9.17) is 9.47 Å². The summed E-state index contributed by atoms with van der Waals surface area (Å²) in [6, 6.07) is 7.96. The zero-order valence-corrected chi connectivity index (χ0v) is 13.9. The average Bonchev–Trinajstić information content (AvgIpc) is 2.55. The number of ether oxygens (including phenoxy) is 2. The van der Waals surface area contributed by atoms with E-state index in [0.717, 1.165) is 38.0 Å². The first-order chi connectivity index (χ1) is 10.7. The van der Waals surface area contributed by atoms with Crippen LogP contribution in [0.4, 0.5) is 0 Å². The summed E-state index contributed by atoms with van der Waals surface area (Å²) >= 11 is 0. The first kappa shape index (κ1) is 17.0. The summed E-state index contributed by atoms with van der Waals surface area (Å²) in [7, 11) is 0. The van der Waals surface area contributed by atoms with Gasteiger partial charge in [0, 0.05) is 6.54 Å². The van der Waals surface area contributed by atoms with Gasteiger partial charge in [0.25, 0.3) is 0 Å². The van der Waals surface area contributed by atoms with Crippen LogP contribution in [0.3, 0.4) is 0 Å². The molecule has 1 aromatic rings. The standard InChI is InChI=1S/C18H27NO3/c1-4-19(5-2)12-10-14(3)22-18(20)17-16-9-7-6-8-15(16)11-13-21-17/h6-9,14,17H,4-5,10-13H2,1-3H3/t14-,17+/m0/s1. The second kappa shape index (κ2) is 8.30. The van der Waals surface area contributed by atoms with Gasteiger partial charge in [0.15, 0.2) is 6.10 Å². The van der Waals surface area contributed by atoms with Crippen molar-refractivity contribution in [2.24, 2.45) is 0 Å². The highest BCUT2D eigenvalue weighted by molar-refractivity contribution is 5.77. The molecule has 0 radical (unpaired) electrons. The number of fused-ring (bicyclic) bond motifs is 1. The fraction of sp³-hybridized carbons (Fsp3) is 0.611. The average molecular weight is 305 g/mol. The van der Waals surface area contributed by atoms with Gasteiger partial charge in [-0.3, -0.25) is 0 Å². The smallest absolute Gasteiger partial charge is 0.340 e. The maximum absolute atomic E-state index is 12.4. The van der Waals surface area contributed by atoms with Gasteiger partial charge in [-0.25, -0.2) is 4.79 Å². The van der Waals surface area contributed by atoms with Crippen LogP contribution in [-0.2, 0) is 20.7 Å². The topological polar surface area (TPSA) is 38.8 Å². The fourth-order valence-corrected chi connectivity index (χ4v) is 2.81. The number of carbonyl (C=O) groups is 1. The van der Waals surface area contributed by atoms with Crippen LogP contribution in [0.2, 0.25) is 0 Å². The highest BCUT2D eigenvalue weighted by atomic mass is 16.6. The Morgan fingerprint density at radius 1 is 1.36 bits per heavy atom. The monoisotopic (exact) mass is 305 g/mol. The van der Waals surface area contributed by atoms with Gasteiger partial charge < -0.3 is 14.4 Å². The molecule has 0 unspecified atom stereocenters. The Morgan fingerprint density at radius 2 is 2.09 bits per heavy atom. The maximum atomic E-state index is 12.4. The van der Waals surface area contributed by atoms with Crippen LogP contribution in [0.5, 0.6) is 0 Å². The Hall–Kier alpha value is -1.39. The number of nitrogens with zero attached hydrogens (tertiary/aromatic N) is 1. The van der Waals surface area contributed by atoms with E-state index in [1.807, 2.05) is 25.1 Å². The lowest BCUT2D eigenvalue weighted by Crippen LogP contribution is -2.30. The van der Waals surface area contributed by atoms with E-state index < -0.39 is 6.10 Å². The summed E-state index contributed by atoms with van der Waals surface area (Å²) in [5, 5.41) is 0. The van der Waals surface area contributed by atoms with Gasteiger partial charge in [-0.05, 0) is 44.0 Å². The summed E-state index contributed by atoms with van der Waals surface area (Å²) in [4.78, 5) is 14.7. The lowest BCUT2D eigenvalue weighted by Gasteiger charge is -2.26. The minimum absolute atomic E-state index is 0.0919. The third kappa shape index (κ3) is 4.31. The van der Waals surface area contributed by atoms with Gasteiger partial charge >= 0.3 is 5.97 Å². The number of carbonyl (C=O) groups excluding carboxylic acids is 1. The third-order valence-electron chi connectivity index (χ3n) is 4.27. The highest BCUT2D eigenvalue weighted by Gasteiger charge is 2.29. The van der Waals surface area contributed by atoms with Crippen LogP contribution >= 0.6 is 0 Å². The molecule has 4 nitrogen and oxygen atoms in total. The van der Waals surface area contributed by atoms with Gasteiger partial charge in [0.05, 0.1) is 6.61 Å². The number of hydrogen-bond acceptors (Lipinski definition) is 4. The molecule has 0 bridgehead atoms. The van der Waals surface area contributed by atoms with E-state index in [2.05, 4.69) is 24.8 Å². The zero-order valence-electron chi connectivity index (χ0n) is 13.9. The zero-order chi connectivity index (χ0) is 15.9. The lowest BCUT2D eigenvalue weighted by atomic mass is 9.98. The number of hydrogen-bond donors (Lipinski definition) is 0. The molecule has 0 amide bonds. The van der Waals surface area contributed by atoms with Crippen LogP contribution in [-0.4, -0.2) is 43.2 Å². The van der Waals surface area contributed by atoms with E-state index in [1.165, 1.54) is 5.56 Å². The van der Waals surface area contributed by atoms with Crippen molar-refractivity contribution in [2.45, 2.75) is 45.8 Å². The quantitative estimate of drug-likeness (QED) is 0.726. The Labute approximate surface area is 133 Å². The predicted molar refractivity (Wildman–Crippen MR) is 86.8 cm³/mol. The molecule has 0 N–H and O–H groups in total.